The number of carbonyl (C=O) groups is 2. The number of fused-ring (bicyclic) bond motifs is 2. The number of benzene rings is 3. The van der Waals surface area contributed by atoms with Crippen molar-refractivity contribution in [2.45, 2.75) is 26.8 Å². The van der Waals surface area contributed by atoms with Gasteiger partial charge in [-0.15, -0.1) is 0 Å². The first kappa shape index (κ1) is 20.7. The van der Waals surface area contributed by atoms with Crippen molar-refractivity contribution in [3.63, 3.8) is 0 Å². The second kappa shape index (κ2) is 7.74. The molecule has 1 atom stereocenters. The lowest BCUT2D eigenvalue weighted by Crippen LogP contribution is -2.15. The summed E-state index contributed by atoms with van der Waals surface area (Å²) >= 11 is 0. The number of anilines is 2. The quantitative estimate of drug-likeness (QED) is 0.418. The first-order chi connectivity index (χ1) is 15.8. The largest absolute Gasteiger partial charge is 0.455 e. The number of hydrogen-bond donors (Lipinski definition) is 2. The number of amides is 1. The first-order valence-electron chi connectivity index (χ1n) is 10.7. The minimum absolute atomic E-state index is 0.0715. The van der Waals surface area contributed by atoms with E-state index in [1.54, 1.807) is 25.1 Å². The molecule has 1 amide bonds. The van der Waals surface area contributed by atoms with Gasteiger partial charge in [0.25, 0.3) is 11.7 Å². The van der Waals surface area contributed by atoms with E-state index in [0.29, 0.717) is 39.2 Å². The summed E-state index contributed by atoms with van der Waals surface area (Å²) < 4.78 is 6.36. The van der Waals surface area contributed by atoms with Gasteiger partial charge in [-0.2, -0.15) is 0 Å². The molecule has 1 aromatic heterocycles. The topological polar surface area (TPSA) is 88.4 Å². The average Bonchev–Trinajstić information content (AvgIpc) is 3.11. The van der Waals surface area contributed by atoms with Crippen molar-refractivity contribution in [1.29, 1.82) is 0 Å². The maximum atomic E-state index is 13.3. The van der Waals surface area contributed by atoms with Crippen LogP contribution in [0.15, 0.2) is 69.9 Å². The van der Waals surface area contributed by atoms with Crippen LogP contribution in [0.2, 0.25) is 0 Å². The van der Waals surface area contributed by atoms with Crippen LogP contribution in [-0.2, 0) is 4.79 Å². The molecule has 0 radical (unpaired) electrons. The van der Waals surface area contributed by atoms with E-state index in [1.807, 2.05) is 56.3 Å². The molecule has 0 bridgehead atoms. The fraction of sp³-hybridized carbons (Fsp3) is 0.148. The number of ketones is 1. The molecule has 0 unspecified atom stereocenters. The van der Waals surface area contributed by atoms with E-state index >= 15 is 0 Å². The Bertz CT molecular complexity index is 1500. The molecule has 0 aliphatic carbocycles. The van der Waals surface area contributed by atoms with Crippen LogP contribution >= 0.6 is 0 Å². The third-order valence-corrected chi connectivity index (χ3v) is 6.01. The zero-order valence-electron chi connectivity index (χ0n) is 18.5. The van der Waals surface area contributed by atoms with Gasteiger partial charge in [-0.1, -0.05) is 42.5 Å². The third kappa shape index (κ3) is 3.40. The van der Waals surface area contributed by atoms with Gasteiger partial charge in [0.05, 0.1) is 22.7 Å². The van der Waals surface area contributed by atoms with Gasteiger partial charge >= 0.3 is 0 Å². The van der Waals surface area contributed by atoms with Gasteiger partial charge in [-0.05, 0) is 44.5 Å². The van der Waals surface area contributed by atoms with E-state index in [2.05, 4.69) is 10.6 Å². The van der Waals surface area contributed by atoms with E-state index in [-0.39, 0.29) is 11.5 Å². The molecule has 33 heavy (non-hydrogen) atoms. The molecular weight excluding hydrogens is 416 g/mol. The second-order valence-electron chi connectivity index (χ2n) is 8.36. The fourth-order valence-corrected chi connectivity index (χ4v) is 4.38. The first-order valence-corrected chi connectivity index (χ1v) is 10.7. The predicted molar refractivity (Wildman–Crippen MR) is 129 cm³/mol. The Labute approximate surface area is 190 Å². The van der Waals surface area contributed by atoms with Crippen molar-refractivity contribution >= 4 is 34.0 Å². The van der Waals surface area contributed by atoms with E-state index in [9.17, 15) is 14.4 Å². The minimum Gasteiger partial charge on any atom is -0.455 e. The average molecular weight is 438 g/mol. The standard InChI is InChI=1S/C27H22N2O4/c1-14-12-18(16(3)28-20-10-7-11-21-22(20)24(31)27(32)29-21)26-19(13-14)23(30)15(2)25(33-26)17-8-5-4-6-9-17/h4-13,16,28H,1-3H3,(H,29,31,32)/t16-/m1/s1. The van der Waals surface area contributed by atoms with Gasteiger partial charge in [-0.25, -0.2) is 0 Å². The van der Waals surface area contributed by atoms with Crippen LogP contribution in [0.25, 0.3) is 22.3 Å². The Morgan fingerprint density at radius 3 is 2.45 bits per heavy atom. The molecule has 1 aliphatic rings. The van der Waals surface area contributed by atoms with Crippen LogP contribution in [-0.4, -0.2) is 11.7 Å². The number of rotatable bonds is 4. The molecule has 6 heteroatoms. The summed E-state index contributed by atoms with van der Waals surface area (Å²) in [5, 5.41) is 6.45. The number of Topliss-reactive ketones (excluding diaryl/α,β-unsaturated/α-hetero) is 1. The van der Waals surface area contributed by atoms with E-state index in [1.165, 1.54) is 0 Å². The molecule has 164 valence electrons. The number of aryl methyl sites for hydroxylation is 1. The predicted octanol–water partition coefficient (Wildman–Crippen LogP) is 5.38. The Balaban J connectivity index is 1.65. The summed E-state index contributed by atoms with van der Waals surface area (Å²) in [5.41, 5.74) is 4.91. The lowest BCUT2D eigenvalue weighted by molar-refractivity contribution is -0.112. The number of carbonyl (C=O) groups excluding carboxylic acids is 2. The summed E-state index contributed by atoms with van der Waals surface area (Å²) in [6.45, 7) is 5.65. The highest BCUT2D eigenvalue weighted by Crippen LogP contribution is 2.35. The monoisotopic (exact) mass is 438 g/mol. The molecule has 4 aromatic rings. The summed E-state index contributed by atoms with van der Waals surface area (Å²) in [4.78, 5) is 37.5. The molecule has 5 rings (SSSR count). The summed E-state index contributed by atoms with van der Waals surface area (Å²) in [6.07, 6.45) is 0. The minimum atomic E-state index is -0.637. The maximum Gasteiger partial charge on any atom is 0.296 e. The molecule has 0 spiro atoms. The molecule has 3 aromatic carbocycles. The number of hydrogen-bond acceptors (Lipinski definition) is 5. The van der Waals surface area contributed by atoms with Crippen molar-refractivity contribution in [2.75, 3.05) is 10.6 Å². The van der Waals surface area contributed by atoms with Crippen molar-refractivity contribution in [2.24, 2.45) is 0 Å². The van der Waals surface area contributed by atoms with Crippen LogP contribution in [0.1, 0.15) is 40.0 Å². The lowest BCUT2D eigenvalue weighted by atomic mass is 9.98. The molecule has 0 saturated heterocycles. The van der Waals surface area contributed by atoms with Crippen LogP contribution in [0, 0.1) is 13.8 Å². The van der Waals surface area contributed by atoms with E-state index < -0.39 is 11.7 Å². The Morgan fingerprint density at radius 1 is 0.939 bits per heavy atom. The summed E-state index contributed by atoms with van der Waals surface area (Å²) in [6, 6.07) is 18.3. The van der Waals surface area contributed by atoms with E-state index in [0.717, 1.165) is 16.7 Å². The molecule has 1 aliphatic heterocycles. The summed E-state index contributed by atoms with van der Waals surface area (Å²) in [5.74, 6) is -0.666. The van der Waals surface area contributed by atoms with Crippen molar-refractivity contribution < 1.29 is 14.0 Å². The lowest BCUT2D eigenvalue weighted by Gasteiger charge is -2.20. The summed E-state index contributed by atoms with van der Waals surface area (Å²) in [7, 11) is 0. The van der Waals surface area contributed by atoms with Gasteiger partial charge in [0.1, 0.15) is 11.3 Å². The highest BCUT2D eigenvalue weighted by Gasteiger charge is 2.31. The van der Waals surface area contributed by atoms with Gasteiger partial charge in [0, 0.05) is 22.4 Å². The van der Waals surface area contributed by atoms with Crippen LogP contribution in [0.5, 0.6) is 0 Å². The molecule has 0 fully saturated rings. The van der Waals surface area contributed by atoms with Crippen LogP contribution in [0.3, 0.4) is 0 Å². The van der Waals surface area contributed by atoms with Crippen molar-refractivity contribution in [3.8, 4) is 11.3 Å². The van der Waals surface area contributed by atoms with Crippen molar-refractivity contribution in [3.05, 3.63) is 93.1 Å². The van der Waals surface area contributed by atoms with E-state index in [4.69, 9.17) is 4.42 Å². The third-order valence-electron chi connectivity index (χ3n) is 6.01. The Morgan fingerprint density at radius 2 is 1.70 bits per heavy atom. The normalized spacial score (nSPS) is 13.7. The van der Waals surface area contributed by atoms with Gasteiger partial charge < -0.3 is 15.1 Å². The smallest absolute Gasteiger partial charge is 0.296 e. The van der Waals surface area contributed by atoms with Crippen LogP contribution < -0.4 is 16.1 Å². The maximum absolute atomic E-state index is 13.3. The van der Waals surface area contributed by atoms with Gasteiger partial charge in [0.2, 0.25) is 0 Å². The highest BCUT2D eigenvalue weighted by molar-refractivity contribution is 6.52. The Hall–Kier alpha value is -4.19. The molecular formula is C27H22N2O4. The zero-order valence-corrected chi connectivity index (χ0v) is 18.5. The molecule has 2 heterocycles. The highest BCUT2D eigenvalue weighted by atomic mass is 16.3. The van der Waals surface area contributed by atoms with Crippen molar-refractivity contribution in [1.82, 2.24) is 0 Å². The van der Waals surface area contributed by atoms with Gasteiger partial charge in [-0.3, -0.25) is 14.4 Å². The second-order valence-corrected chi connectivity index (χ2v) is 8.36. The zero-order chi connectivity index (χ0) is 23.3. The molecule has 0 saturated carbocycles. The molecule has 2 N–H and O–H groups in total. The SMILES string of the molecule is Cc1cc([C@@H](C)Nc2cccc3c2C(=O)C(=O)N3)c2oc(-c3ccccc3)c(C)c(=O)c2c1. The number of nitrogens with one attached hydrogen (secondary N) is 2. The van der Waals surface area contributed by atoms with Crippen LogP contribution in [0.4, 0.5) is 11.4 Å². The van der Waals surface area contributed by atoms with Gasteiger partial charge in [0.15, 0.2) is 5.43 Å². The molecule has 6 nitrogen and oxygen atoms in total. The fourth-order valence-electron chi connectivity index (χ4n) is 4.38. The Kier molecular flexibility index (Phi) is 4.86.